The molecule has 3 rings (SSSR count). The molecule has 1 N–H and O–H groups in total. The minimum Gasteiger partial charge on any atom is -0.504 e. The fourth-order valence-corrected chi connectivity index (χ4v) is 2.80. The van der Waals surface area contributed by atoms with Crippen LogP contribution in [0.3, 0.4) is 0 Å². The Balaban J connectivity index is 2.18. The smallest absolute Gasteiger partial charge is 0.161 e. The lowest BCUT2D eigenvalue weighted by molar-refractivity contribution is -0.111. The Morgan fingerprint density at radius 3 is 2.68 bits per heavy atom. The molecule has 1 atom stereocenters. The summed E-state index contributed by atoms with van der Waals surface area (Å²) in [7, 11) is 0. The number of para-hydroxylation sites is 1. The number of aromatic nitrogens is 2. The second-order valence-corrected chi connectivity index (χ2v) is 5.63. The molecule has 1 aliphatic carbocycles. The molecule has 4 nitrogen and oxygen atoms in total. The number of benzene rings is 1. The SMILES string of the molecule is Cc1ccccc1-n1nc(C2(C=O)C=CC=CC2)c(O)c1C. The average Bonchev–Trinajstić information content (AvgIpc) is 2.85. The van der Waals surface area contributed by atoms with E-state index in [2.05, 4.69) is 5.10 Å². The molecule has 0 amide bonds. The molecule has 0 radical (unpaired) electrons. The number of hydrogen-bond acceptors (Lipinski definition) is 3. The Bertz CT molecular complexity index is 786. The molecule has 1 aliphatic rings. The molecule has 0 fully saturated rings. The van der Waals surface area contributed by atoms with Gasteiger partial charge < -0.3 is 9.90 Å². The van der Waals surface area contributed by atoms with Crippen molar-refractivity contribution < 1.29 is 9.90 Å². The van der Waals surface area contributed by atoms with Crippen molar-refractivity contribution in [2.24, 2.45) is 0 Å². The molecule has 0 saturated carbocycles. The zero-order valence-corrected chi connectivity index (χ0v) is 12.7. The first-order valence-corrected chi connectivity index (χ1v) is 7.25. The van der Waals surface area contributed by atoms with Crippen LogP contribution in [0.2, 0.25) is 0 Å². The Morgan fingerprint density at radius 1 is 1.27 bits per heavy atom. The summed E-state index contributed by atoms with van der Waals surface area (Å²) in [5.41, 5.74) is 2.10. The number of aldehydes is 1. The highest BCUT2D eigenvalue weighted by Crippen LogP contribution is 2.38. The maximum atomic E-state index is 11.7. The van der Waals surface area contributed by atoms with Gasteiger partial charge in [-0.15, -0.1) is 0 Å². The standard InChI is InChI=1S/C18H18N2O2/c1-13-8-4-5-9-15(13)20-14(2)16(22)17(19-20)18(12-21)10-6-3-7-11-18/h3-10,12,22H,11H2,1-2H3. The van der Waals surface area contributed by atoms with Crippen LogP contribution in [0.4, 0.5) is 0 Å². The van der Waals surface area contributed by atoms with E-state index in [4.69, 9.17) is 0 Å². The first kappa shape index (κ1) is 14.3. The van der Waals surface area contributed by atoms with Crippen molar-refractivity contribution in [3.05, 3.63) is 65.5 Å². The molecule has 0 bridgehead atoms. The zero-order valence-electron chi connectivity index (χ0n) is 12.7. The number of hydrogen-bond donors (Lipinski definition) is 1. The predicted octanol–water partition coefficient (Wildman–Crippen LogP) is 3.15. The Morgan fingerprint density at radius 2 is 2.05 bits per heavy atom. The van der Waals surface area contributed by atoms with Gasteiger partial charge in [0.15, 0.2) is 5.75 Å². The van der Waals surface area contributed by atoms with Gasteiger partial charge in [0.05, 0.1) is 16.8 Å². The number of allylic oxidation sites excluding steroid dienone is 4. The summed E-state index contributed by atoms with van der Waals surface area (Å²) in [4.78, 5) is 11.7. The predicted molar refractivity (Wildman–Crippen MR) is 85.3 cm³/mol. The summed E-state index contributed by atoms with van der Waals surface area (Å²) in [6.45, 7) is 3.80. The zero-order chi connectivity index (χ0) is 15.7. The highest BCUT2D eigenvalue weighted by Gasteiger charge is 2.36. The van der Waals surface area contributed by atoms with Crippen LogP contribution < -0.4 is 0 Å². The first-order valence-electron chi connectivity index (χ1n) is 7.25. The fraction of sp³-hybridized carbons (Fsp3) is 0.222. The maximum absolute atomic E-state index is 11.7. The number of rotatable bonds is 3. The van der Waals surface area contributed by atoms with E-state index in [-0.39, 0.29) is 5.75 Å². The van der Waals surface area contributed by atoms with Crippen LogP contribution in [0.5, 0.6) is 5.75 Å². The van der Waals surface area contributed by atoms with E-state index in [1.807, 2.05) is 49.4 Å². The summed E-state index contributed by atoms with van der Waals surface area (Å²) in [5, 5.41) is 15.1. The van der Waals surface area contributed by atoms with Crippen LogP contribution >= 0.6 is 0 Å². The molecule has 1 aromatic heterocycles. The Kier molecular flexibility index (Phi) is 3.45. The largest absolute Gasteiger partial charge is 0.504 e. The van der Waals surface area contributed by atoms with Crippen molar-refractivity contribution in [3.8, 4) is 11.4 Å². The highest BCUT2D eigenvalue weighted by molar-refractivity contribution is 5.74. The number of carbonyl (C=O) groups excluding carboxylic acids is 1. The number of aromatic hydroxyl groups is 1. The second-order valence-electron chi connectivity index (χ2n) is 5.63. The van der Waals surface area contributed by atoms with Gasteiger partial charge in [-0.1, -0.05) is 42.5 Å². The van der Waals surface area contributed by atoms with E-state index in [1.165, 1.54) is 0 Å². The molecular formula is C18H18N2O2. The summed E-state index contributed by atoms with van der Waals surface area (Å²) in [5.74, 6) is 0.0790. The van der Waals surface area contributed by atoms with E-state index in [0.29, 0.717) is 17.8 Å². The summed E-state index contributed by atoms with van der Waals surface area (Å²) >= 11 is 0. The van der Waals surface area contributed by atoms with Crippen molar-refractivity contribution in [1.29, 1.82) is 0 Å². The van der Waals surface area contributed by atoms with Crippen molar-refractivity contribution in [1.82, 2.24) is 9.78 Å². The van der Waals surface area contributed by atoms with Crippen molar-refractivity contribution in [2.75, 3.05) is 0 Å². The van der Waals surface area contributed by atoms with Crippen LogP contribution in [0.15, 0.2) is 48.6 Å². The second kappa shape index (κ2) is 5.30. The molecule has 1 heterocycles. The van der Waals surface area contributed by atoms with Gasteiger partial charge in [-0.2, -0.15) is 5.10 Å². The first-order chi connectivity index (χ1) is 10.6. The maximum Gasteiger partial charge on any atom is 0.161 e. The van der Waals surface area contributed by atoms with Gasteiger partial charge >= 0.3 is 0 Å². The van der Waals surface area contributed by atoms with Crippen molar-refractivity contribution >= 4 is 6.29 Å². The van der Waals surface area contributed by atoms with E-state index >= 15 is 0 Å². The van der Waals surface area contributed by atoms with Gasteiger partial charge in [0.25, 0.3) is 0 Å². The van der Waals surface area contributed by atoms with Crippen LogP contribution in [-0.2, 0) is 10.2 Å². The lowest BCUT2D eigenvalue weighted by Crippen LogP contribution is -2.27. The number of carbonyl (C=O) groups is 1. The Hall–Kier alpha value is -2.62. The third-order valence-corrected chi connectivity index (χ3v) is 4.18. The molecule has 0 aliphatic heterocycles. The lowest BCUT2D eigenvalue weighted by Gasteiger charge is -2.22. The van der Waals surface area contributed by atoms with E-state index in [1.54, 1.807) is 17.7 Å². The molecule has 22 heavy (non-hydrogen) atoms. The lowest BCUT2D eigenvalue weighted by atomic mass is 9.79. The number of nitrogens with zero attached hydrogens (tertiary/aromatic N) is 2. The van der Waals surface area contributed by atoms with Crippen molar-refractivity contribution in [3.63, 3.8) is 0 Å². The van der Waals surface area contributed by atoms with Gasteiger partial charge in [0.2, 0.25) is 0 Å². The van der Waals surface area contributed by atoms with Crippen LogP contribution in [0.25, 0.3) is 5.69 Å². The van der Waals surface area contributed by atoms with Crippen LogP contribution in [0.1, 0.15) is 23.4 Å². The van der Waals surface area contributed by atoms with Crippen LogP contribution in [-0.4, -0.2) is 21.2 Å². The minimum absolute atomic E-state index is 0.0790. The van der Waals surface area contributed by atoms with Gasteiger partial charge in [-0.25, -0.2) is 4.68 Å². The average molecular weight is 294 g/mol. The molecule has 1 unspecified atom stereocenters. The monoisotopic (exact) mass is 294 g/mol. The molecule has 112 valence electrons. The molecule has 0 saturated heterocycles. The molecule has 2 aromatic rings. The highest BCUT2D eigenvalue weighted by atomic mass is 16.3. The third kappa shape index (κ3) is 2.08. The third-order valence-electron chi connectivity index (χ3n) is 4.18. The number of aryl methyl sites for hydroxylation is 1. The summed E-state index contributed by atoms with van der Waals surface area (Å²) < 4.78 is 1.71. The Labute approximate surface area is 129 Å². The van der Waals surface area contributed by atoms with Gasteiger partial charge in [0.1, 0.15) is 12.0 Å². The summed E-state index contributed by atoms with van der Waals surface area (Å²) in [6.07, 6.45) is 8.78. The fourth-order valence-electron chi connectivity index (χ4n) is 2.80. The van der Waals surface area contributed by atoms with E-state index < -0.39 is 5.41 Å². The molecule has 1 aromatic carbocycles. The summed E-state index contributed by atoms with van der Waals surface area (Å²) in [6, 6.07) is 7.83. The van der Waals surface area contributed by atoms with Crippen LogP contribution in [0, 0.1) is 13.8 Å². The molecular weight excluding hydrogens is 276 g/mol. The molecule has 4 heteroatoms. The van der Waals surface area contributed by atoms with Crippen molar-refractivity contribution in [2.45, 2.75) is 25.7 Å². The van der Waals surface area contributed by atoms with E-state index in [0.717, 1.165) is 17.5 Å². The molecule has 0 spiro atoms. The van der Waals surface area contributed by atoms with Gasteiger partial charge in [-0.05, 0) is 31.9 Å². The van der Waals surface area contributed by atoms with E-state index in [9.17, 15) is 9.90 Å². The topological polar surface area (TPSA) is 55.1 Å². The minimum atomic E-state index is -0.891. The van der Waals surface area contributed by atoms with Gasteiger partial charge in [0, 0.05) is 0 Å². The van der Waals surface area contributed by atoms with Gasteiger partial charge in [-0.3, -0.25) is 0 Å². The normalized spacial score (nSPS) is 20.3. The quantitative estimate of drug-likeness (QED) is 0.885.